The van der Waals surface area contributed by atoms with E-state index in [0.717, 1.165) is 12.5 Å². The van der Waals surface area contributed by atoms with Crippen LogP contribution < -0.4 is 0 Å². The number of halogens is 1. The predicted octanol–water partition coefficient (Wildman–Crippen LogP) is 2.95. The standard InChI is InChI=1S/C12H20BrNO/c1-12(2,13)11(15)14-8-4-6-9-5-3-7-10(9)14/h9-10H,3-8H2,1-2H3. The summed E-state index contributed by atoms with van der Waals surface area (Å²) in [4.78, 5) is 14.4. The van der Waals surface area contributed by atoms with E-state index in [9.17, 15) is 4.79 Å². The van der Waals surface area contributed by atoms with E-state index in [1.165, 1.54) is 32.1 Å². The van der Waals surface area contributed by atoms with Crippen molar-refractivity contribution < 1.29 is 4.79 Å². The number of alkyl halides is 1. The number of rotatable bonds is 1. The summed E-state index contributed by atoms with van der Waals surface area (Å²) < 4.78 is -0.391. The highest BCUT2D eigenvalue weighted by atomic mass is 79.9. The zero-order chi connectivity index (χ0) is 11.1. The van der Waals surface area contributed by atoms with Gasteiger partial charge in [0.25, 0.3) is 0 Å². The Hall–Kier alpha value is -0.0500. The Bertz CT molecular complexity index is 259. The molecule has 2 aliphatic rings. The Morgan fingerprint density at radius 1 is 1.27 bits per heavy atom. The fourth-order valence-electron chi connectivity index (χ4n) is 3.05. The van der Waals surface area contributed by atoms with Crippen molar-refractivity contribution in [3.05, 3.63) is 0 Å². The van der Waals surface area contributed by atoms with E-state index in [1.807, 2.05) is 13.8 Å². The van der Waals surface area contributed by atoms with Gasteiger partial charge in [0, 0.05) is 12.6 Å². The number of likely N-dealkylation sites (tertiary alicyclic amines) is 1. The average Bonchev–Trinajstić information content (AvgIpc) is 2.62. The second-order valence-corrected chi connectivity index (χ2v) is 7.35. The summed E-state index contributed by atoms with van der Waals surface area (Å²) >= 11 is 3.49. The van der Waals surface area contributed by atoms with Crippen LogP contribution in [0.4, 0.5) is 0 Å². The fourth-order valence-corrected chi connectivity index (χ4v) is 3.28. The minimum atomic E-state index is -0.391. The molecule has 0 spiro atoms. The molecule has 1 heterocycles. The molecule has 1 saturated heterocycles. The highest BCUT2D eigenvalue weighted by Crippen LogP contribution is 2.38. The zero-order valence-corrected chi connectivity index (χ0v) is 11.2. The van der Waals surface area contributed by atoms with Crippen LogP contribution in [-0.4, -0.2) is 27.7 Å². The van der Waals surface area contributed by atoms with Gasteiger partial charge in [-0.05, 0) is 45.4 Å². The highest BCUT2D eigenvalue weighted by Gasteiger charge is 2.40. The van der Waals surface area contributed by atoms with Crippen LogP contribution in [0.2, 0.25) is 0 Å². The first-order chi connectivity index (χ1) is 7.00. The molecule has 0 bridgehead atoms. The van der Waals surface area contributed by atoms with Crippen molar-refractivity contribution >= 4 is 21.8 Å². The van der Waals surface area contributed by atoms with Crippen LogP contribution in [0.25, 0.3) is 0 Å². The molecule has 2 atom stereocenters. The zero-order valence-electron chi connectivity index (χ0n) is 9.63. The molecule has 0 radical (unpaired) electrons. The van der Waals surface area contributed by atoms with Crippen molar-refractivity contribution in [3.8, 4) is 0 Å². The SMILES string of the molecule is CC(C)(Br)C(=O)N1CCCC2CCCC21. The van der Waals surface area contributed by atoms with Crippen molar-refractivity contribution in [2.24, 2.45) is 5.92 Å². The molecule has 0 aromatic rings. The Morgan fingerprint density at radius 3 is 2.60 bits per heavy atom. The lowest BCUT2D eigenvalue weighted by atomic mass is 9.91. The molecule has 0 aromatic carbocycles. The molecule has 1 saturated carbocycles. The molecule has 0 aromatic heterocycles. The normalized spacial score (nSPS) is 31.5. The van der Waals surface area contributed by atoms with E-state index < -0.39 is 4.32 Å². The van der Waals surface area contributed by atoms with Crippen LogP contribution in [0.1, 0.15) is 46.0 Å². The second-order valence-electron chi connectivity index (χ2n) is 5.37. The molecule has 2 rings (SSSR count). The second kappa shape index (κ2) is 4.08. The number of nitrogens with zero attached hydrogens (tertiary/aromatic N) is 1. The molecular weight excluding hydrogens is 254 g/mol. The van der Waals surface area contributed by atoms with Gasteiger partial charge in [0.05, 0.1) is 4.32 Å². The summed E-state index contributed by atoms with van der Waals surface area (Å²) in [5.41, 5.74) is 0. The molecule has 1 amide bonds. The first-order valence-corrected chi connectivity index (χ1v) is 6.79. The molecular formula is C12H20BrNO. The minimum absolute atomic E-state index is 0.277. The lowest BCUT2D eigenvalue weighted by Gasteiger charge is -2.40. The monoisotopic (exact) mass is 273 g/mol. The van der Waals surface area contributed by atoms with E-state index in [0.29, 0.717) is 6.04 Å². The van der Waals surface area contributed by atoms with Gasteiger partial charge >= 0.3 is 0 Å². The number of carbonyl (C=O) groups is 1. The molecule has 0 N–H and O–H groups in total. The number of hydrogen-bond acceptors (Lipinski definition) is 1. The number of hydrogen-bond donors (Lipinski definition) is 0. The Balaban J connectivity index is 2.11. The van der Waals surface area contributed by atoms with E-state index in [4.69, 9.17) is 0 Å². The van der Waals surface area contributed by atoms with Crippen LogP contribution in [-0.2, 0) is 4.79 Å². The molecule has 1 aliphatic heterocycles. The fraction of sp³-hybridized carbons (Fsp3) is 0.917. The molecule has 86 valence electrons. The summed E-state index contributed by atoms with van der Waals surface area (Å²) in [7, 11) is 0. The average molecular weight is 274 g/mol. The van der Waals surface area contributed by atoms with Crippen molar-refractivity contribution in [3.63, 3.8) is 0 Å². The minimum Gasteiger partial charge on any atom is -0.338 e. The number of amides is 1. The summed E-state index contributed by atoms with van der Waals surface area (Å²) in [6.45, 7) is 4.87. The third-order valence-electron chi connectivity index (χ3n) is 3.76. The van der Waals surface area contributed by atoms with Crippen LogP contribution in [0.5, 0.6) is 0 Å². The first-order valence-electron chi connectivity index (χ1n) is 6.00. The van der Waals surface area contributed by atoms with Gasteiger partial charge in [-0.3, -0.25) is 4.79 Å². The van der Waals surface area contributed by atoms with E-state index in [-0.39, 0.29) is 5.91 Å². The summed E-state index contributed by atoms with van der Waals surface area (Å²) in [5.74, 6) is 1.07. The van der Waals surface area contributed by atoms with Crippen LogP contribution in [0, 0.1) is 5.92 Å². The van der Waals surface area contributed by atoms with Crippen molar-refractivity contribution in [1.82, 2.24) is 4.90 Å². The van der Waals surface area contributed by atoms with Gasteiger partial charge in [-0.2, -0.15) is 0 Å². The lowest BCUT2D eigenvalue weighted by Crippen LogP contribution is -2.51. The Labute approximate surface area is 101 Å². The summed E-state index contributed by atoms with van der Waals surface area (Å²) in [5, 5.41) is 0. The van der Waals surface area contributed by atoms with Gasteiger partial charge < -0.3 is 4.90 Å². The molecule has 15 heavy (non-hydrogen) atoms. The van der Waals surface area contributed by atoms with Gasteiger partial charge in [0.1, 0.15) is 0 Å². The highest BCUT2D eigenvalue weighted by molar-refractivity contribution is 9.10. The smallest absolute Gasteiger partial charge is 0.239 e. The topological polar surface area (TPSA) is 20.3 Å². The van der Waals surface area contributed by atoms with Gasteiger partial charge in [-0.15, -0.1) is 0 Å². The molecule has 3 heteroatoms. The van der Waals surface area contributed by atoms with Gasteiger partial charge in [-0.1, -0.05) is 22.4 Å². The predicted molar refractivity (Wildman–Crippen MR) is 65.1 cm³/mol. The van der Waals surface area contributed by atoms with Gasteiger partial charge in [0.2, 0.25) is 5.91 Å². The summed E-state index contributed by atoms with van der Waals surface area (Å²) in [6.07, 6.45) is 6.38. The molecule has 2 nitrogen and oxygen atoms in total. The van der Waals surface area contributed by atoms with Crippen LogP contribution >= 0.6 is 15.9 Å². The first kappa shape index (κ1) is 11.4. The maximum absolute atomic E-state index is 12.2. The van der Waals surface area contributed by atoms with E-state index >= 15 is 0 Å². The number of fused-ring (bicyclic) bond motifs is 1. The van der Waals surface area contributed by atoms with Crippen LogP contribution in [0.15, 0.2) is 0 Å². The maximum atomic E-state index is 12.2. The van der Waals surface area contributed by atoms with Crippen molar-refractivity contribution in [2.45, 2.75) is 56.3 Å². The molecule has 2 unspecified atom stereocenters. The van der Waals surface area contributed by atoms with Crippen LogP contribution in [0.3, 0.4) is 0 Å². The molecule has 2 fully saturated rings. The van der Waals surface area contributed by atoms with Crippen molar-refractivity contribution in [2.75, 3.05) is 6.54 Å². The quantitative estimate of drug-likeness (QED) is 0.673. The van der Waals surface area contributed by atoms with Gasteiger partial charge in [-0.25, -0.2) is 0 Å². The van der Waals surface area contributed by atoms with Crippen molar-refractivity contribution in [1.29, 1.82) is 0 Å². The third kappa shape index (κ3) is 2.22. The molecule has 1 aliphatic carbocycles. The Morgan fingerprint density at radius 2 is 1.93 bits per heavy atom. The number of carbonyl (C=O) groups excluding carboxylic acids is 1. The van der Waals surface area contributed by atoms with E-state index in [1.54, 1.807) is 0 Å². The third-order valence-corrected chi connectivity index (χ3v) is 4.10. The maximum Gasteiger partial charge on any atom is 0.239 e. The number of piperidine rings is 1. The Kier molecular flexibility index (Phi) is 3.11. The summed E-state index contributed by atoms with van der Waals surface area (Å²) in [6, 6.07) is 0.545. The lowest BCUT2D eigenvalue weighted by molar-refractivity contribution is -0.137. The van der Waals surface area contributed by atoms with Gasteiger partial charge in [0.15, 0.2) is 0 Å². The van der Waals surface area contributed by atoms with E-state index in [2.05, 4.69) is 20.8 Å². The largest absolute Gasteiger partial charge is 0.338 e.